The third-order valence-electron chi connectivity index (χ3n) is 1.06. The van der Waals surface area contributed by atoms with E-state index in [1.165, 1.54) is 7.11 Å². The van der Waals surface area contributed by atoms with Crippen molar-refractivity contribution < 1.29 is 15.0 Å². The van der Waals surface area contributed by atoms with E-state index in [1.807, 2.05) is 0 Å². The van der Waals surface area contributed by atoms with Gasteiger partial charge in [-0.25, -0.2) is 9.78 Å². The van der Waals surface area contributed by atoms with Crippen molar-refractivity contribution in [3.8, 4) is 0 Å². The van der Waals surface area contributed by atoms with E-state index < -0.39 is 5.97 Å². The van der Waals surface area contributed by atoms with Crippen LogP contribution in [0.5, 0.6) is 0 Å². The Morgan fingerprint density at radius 3 is 2.73 bits per heavy atom. The van der Waals surface area contributed by atoms with Crippen LogP contribution in [0.2, 0.25) is 0 Å². The highest BCUT2D eigenvalue weighted by Crippen LogP contribution is 1.93. The molecule has 1 rings (SSSR count). The van der Waals surface area contributed by atoms with Crippen LogP contribution in [0.3, 0.4) is 0 Å². The van der Waals surface area contributed by atoms with E-state index in [4.69, 9.17) is 0 Å². The van der Waals surface area contributed by atoms with Crippen LogP contribution in [0.25, 0.3) is 0 Å². The van der Waals surface area contributed by atoms with Crippen LogP contribution in [-0.4, -0.2) is 23.5 Å². The molecule has 0 atom stereocenters. The van der Waals surface area contributed by atoms with E-state index >= 15 is 0 Å². The van der Waals surface area contributed by atoms with Crippen LogP contribution >= 0.6 is 0 Å². The zero-order chi connectivity index (χ0) is 7.40. The fourth-order valence-electron chi connectivity index (χ4n) is 0.588. The Balaban J connectivity index is 0.000001000. The zero-order valence-corrected chi connectivity index (χ0v) is 6.07. The van der Waals surface area contributed by atoms with E-state index in [0.717, 1.165) is 0 Å². The van der Waals surface area contributed by atoms with Crippen molar-refractivity contribution in [1.82, 2.24) is 4.98 Å². The average molecular weight is 155 g/mol. The predicted octanol–water partition coefficient (Wildman–Crippen LogP) is 0.0435. The van der Waals surface area contributed by atoms with Gasteiger partial charge in [0, 0.05) is 6.20 Å². The molecule has 4 nitrogen and oxygen atoms in total. The molecule has 0 saturated heterocycles. The van der Waals surface area contributed by atoms with Gasteiger partial charge in [0.05, 0.1) is 7.11 Å². The van der Waals surface area contributed by atoms with Crippen molar-refractivity contribution in [3.63, 3.8) is 0 Å². The molecule has 60 valence electrons. The monoisotopic (exact) mass is 155 g/mol. The molecule has 0 bridgehead atoms. The summed E-state index contributed by atoms with van der Waals surface area (Å²) in [5.74, 6) is -0.402. The van der Waals surface area contributed by atoms with E-state index in [2.05, 4.69) is 9.72 Å². The second-order valence-corrected chi connectivity index (χ2v) is 1.71. The van der Waals surface area contributed by atoms with Crippen LogP contribution in [0.1, 0.15) is 10.5 Å². The number of rotatable bonds is 1. The lowest BCUT2D eigenvalue weighted by atomic mass is 10.4. The number of nitrogens with zero attached hydrogens (tertiary/aromatic N) is 1. The van der Waals surface area contributed by atoms with Gasteiger partial charge in [-0.15, -0.1) is 0 Å². The summed E-state index contributed by atoms with van der Waals surface area (Å²) in [6.45, 7) is 0. The number of ether oxygens (including phenoxy) is 1. The number of carbonyl (C=O) groups is 1. The summed E-state index contributed by atoms with van der Waals surface area (Å²) in [5.41, 5.74) is 0.338. The third kappa shape index (κ3) is 2.35. The molecule has 0 fully saturated rings. The topological polar surface area (TPSA) is 70.7 Å². The van der Waals surface area contributed by atoms with Crippen LogP contribution in [-0.2, 0) is 4.74 Å². The van der Waals surface area contributed by atoms with Gasteiger partial charge in [-0.1, -0.05) is 6.07 Å². The lowest BCUT2D eigenvalue weighted by Gasteiger charge is -1.94. The molecule has 0 saturated carbocycles. The van der Waals surface area contributed by atoms with Crippen LogP contribution in [0.4, 0.5) is 0 Å². The fraction of sp³-hybridized carbons (Fsp3) is 0.143. The number of hydrogen-bond donors (Lipinski definition) is 0. The predicted molar refractivity (Wildman–Crippen MR) is 39.2 cm³/mol. The Hall–Kier alpha value is -1.42. The Morgan fingerprint density at radius 2 is 2.27 bits per heavy atom. The summed E-state index contributed by atoms with van der Waals surface area (Å²) in [6, 6.07) is 5.08. The van der Waals surface area contributed by atoms with Gasteiger partial charge >= 0.3 is 5.97 Å². The smallest absolute Gasteiger partial charge is 0.356 e. The minimum absolute atomic E-state index is 0. The molecule has 11 heavy (non-hydrogen) atoms. The van der Waals surface area contributed by atoms with Crippen LogP contribution < -0.4 is 0 Å². The van der Waals surface area contributed by atoms with Crippen molar-refractivity contribution in [2.75, 3.05) is 7.11 Å². The van der Waals surface area contributed by atoms with Gasteiger partial charge in [-0.3, -0.25) is 0 Å². The highest BCUT2D eigenvalue weighted by atomic mass is 16.5. The van der Waals surface area contributed by atoms with Crippen molar-refractivity contribution in [1.29, 1.82) is 0 Å². The summed E-state index contributed by atoms with van der Waals surface area (Å²) < 4.78 is 4.43. The summed E-state index contributed by atoms with van der Waals surface area (Å²) in [5, 5.41) is 0. The Kier molecular flexibility index (Phi) is 3.84. The van der Waals surface area contributed by atoms with Gasteiger partial charge in [-0.2, -0.15) is 0 Å². The number of hydrogen-bond acceptors (Lipinski definition) is 3. The highest BCUT2D eigenvalue weighted by molar-refractivity contribution is 5.86. The molecule has 1 heterocycles. The molecule has 4 heteroatoms. The molecular weight excluding hydrogens is 146 g/mol. The quantitative estimate of drug-likeness (QED) is 0.537. The van der Waals surface area contributed by atoms with Crippen LogP contribution in [0, 0.1) is 0 Å². The number of carbonyl (C=O) groups excluding carboxylic acids is 1. The number of methoxy groups -OCH3 is 1. The maximum absolute atomic E-state index is 10.7. The first-order valence-electron chi connectivity index (χ1n) is 2.84. The molecule has 0 aliphatic rings. The zero-order valence-electron chi connectivity index (χ0n) is 6.07. The van der Waals surface area contributed by atoms with Gasteiger partial charge in [0.15, 0.2) is 0 Å². The molecule has 0 aliphatic heterocycles. The molecule has 1 aromatic rings. The minimum Gasteiger partial charge on any atom is -0.464 e. The lowest BCUT2D eigenvalue weighted by Crippen LogP contribution is -2.02. The first kappa shape index (κ1) is 9.58. The van der Waals surface area contributed by atoms with Gasteiger partial charge in [0.25, 0.3) is 0 Å². The number of esters is 1. The summed E-state index contributed by atoms with van der Waals surface area (Å²) in [4.78, 5) is 14.5. The van der Waals surface area contributed by atoms with Crippen molar-refractivity contribution in [2.24, 2.45) is 0 Å². The third-order valence-corrected chi connectivity index (χ3v) is 1.06. The molecular formula is C7H9NO3. The Morgan fingerprint density at radius 1 is 1.55 bits per heavy atom. The largest absolute Gasteiger partial charge is 0.464 e. The molecule has 0 spiro atoms. The first-order chi connectivity index (χ1) is 4.84. The second-order valence-electron chi connectivity index (χ2n) is 1.71. The molecule has 0 amide bonds. The molecule has 2 N–H and O–H groups in total. The van der Waals surface area contributed by atoms with Crippen molar-refractivity contribution in [3.05, 3.63) is 30.1 Å². The molecule has 0 unspecified atom stereocenters. The number of aromatic nitrogens is 1. The Labute approximate surface area is 64.1 Å². The summed E-state index contributed by atoms with van der Waals surface area (Å²) >= 11 is 0. The summed E-state index contributed by atoms with van der Waals surface area (Å²) in [7, 11) is 1.33. The van der Waals surface area contributed by atoms with E-state index in [9.17, 15) is 4.79 Å². The normalized spacial score (nSPS) is 8.09. The Bertz CT molecular complexity index is 222. The fourth-order valence-corrected chi connectivity index (χ4v) is 0.588. The van der Waals surface area contributed by atoms with Gasteiger partial charge in [-0.05, 0) is 12.1 Å². The van der Waals surface area contributed by atoms with E-state index in [0.29, 0.717) is 5.69 Å². The van der Waals surface area contributed by atoms with E-state index in [-0.39, 0.29) is 5.48 Å². The van der Waals surface area contributed by atoms with Crippen LogP contribution in [0.15, 0.2) is 24.4 Å². The van der Waals surface area contributed by atoms with Gasteiger partial charge in [0.2, 0.25) is 0 Å². The van der Waals surface area contributed by atoms with E-state index in [1.54, 1.807) is 24.4 Å². The first-order valence-corrected chi connectivity index (χ1v) is 2.84. The van der Waals surface area contributed by atoms with Gasteiger partial charge < -0.3 is 10.2 Å². The molecule has 0 aromatic carbocycles. The van der Waals surface area contributed by atoms with Crippen molar-refractivity contribution >= 4 is 5.97 Å². The summed E-state index contributed by atoms with van der Waals surface area (Å²) in [6.07, 6.45) is 1.55. The lowest BCUT2D eigenvalue weighted by molar-refractivity contribution is 0.0594. The SMILES string of the molecule is COC(=O)c1ccccn1.O. The second kappa shape index (κ2) is 4.40. The minimum atomic E-state index is -0.402. The highest BCUT2D eigenvalue weighted by Gasteiger charge is 2.02. The molecule has 0 radical (unpaired) electrons. The molecule has 0 aliphatic carbocycles. The van der Waals surface area contributed by atoms with Crippen molar-refractivity contribution in [2.45, 2.75) is 0 Å². The average Bonchev–Trinajstić information content (AvgIpc) is 2.05. The maximum atomic E-state index is 10.7. The maximum Gasteiger partial charge on any atom is 0.356 e. The standard InChI is InChI=1S/C7H7NO2.H2O/c1-10-7(9)6-4-2-3-5-8-6;/h2-5H,1H3;1H2. The molecule has 1 aromatic heterocycles. The number of pyridine rings is 1. The van der Waals surface area contributed by atoms with Gasteiger partial charge in [0.1, 0.15) is 5.69 Å².